The van der Waals surface area contributed by atoms with Crippen LogP contribution < -0.4 is 0 Å². The molecule has 1 aromatic carbocycles. The Morgan fingerprint density at radius 1 is 1.12 bits per heavy atom. The molecule has 2 aliphatic rings. The summed E-state index contributed by atoms with van der Waals surface area (Å²) in [5.74, 6) is 0.231. The second-order valence-electron chi connectivity index (χ2n) is 8.83. The molecule has 0 saturated carbocycles. The Hall–Kier alpha value is -1.64. The summed E-state index contributed by atoms with van der Waals surface area (Å²) in [5.41, 5.74) is 0.778. The summed E-state index contributed by atoms with van der Waals surface area (Å²) in [6, 6.07) is 5.16. The molecule has 2 N–H and O–H groups in total. The smallest absolute Gasteiger partial charge is 0.246 e. The van der Waals surface area contributed by atoms with Gasteiger partial charge in [-0.1, -0.05) is 29.3 Å². The van der Waals surface area contributed by atoms with Crippen molar-refractivity contribution in [1.29, 1.82) is 0 Å². The van der Waals surface area contributed by atoms with Crippen molar-refractivity contribution in [3.63, 3.8) is 0 Å². The van der Waals surface area contributed by atoms with Crippen LogP contribution in [0.1, 0.15) is 31.2 Å². The maximum Gasteiger partial charge on any atom is 0.246 e. The van der Waals surface area contributed by atoms with Crippen LogP contribution >= 0.6 is 23.2 Å². The maximum atomic E-state index is 12.6. The van der Waals surface area contributed by atoms with Crippen molar-refractivity contribution < 1.29 is 19.8 Å². The number of hydrogen-bond donors (Lipinski definition) is 2. The zero-order valence-corrected chi connectivity index (χ0v) is 20.3. The van der Waals surface area contributed by atoms with E-state index < -0.39 is 6.10 Å². The Morgan fingerprint density at radius 3 is 2.58 bits per heavy atom. The lowest BCUT2D eigenvalue weighted by atomic mass is 9.97. The molecule has 2 heterocycles. The van der Waals surface area contributed by atoms with E-state index >= 15 is 0 Å². The number of β-amino-alcohol motifs (C(OH)–C–C–N with tert-alkyl or cyclic N) is 1. The summed E-state index contributed by atoms with van der Waals surface area (Å²) in [5, 5.41) is 20.6. The first-order chi connectivity index (χ1) is 15.9. The van der Waals surface area contributed by atoms with Crippen LogP contribution in [0.2, 0.25) is 10.0 Å². The molecule has 182 valence electrons. The largest absolute Gasteiger partial charge is 0.396 e. The van der Waals surface area contributed by atoms with Crippen LogP contribution in [0, 0.1) is 5.92 Å². The number of benzene rings is 1. The number of carbonyl (C=O) groups is 2. The predicted molar refractivity (Wildman–Crippen MR) is 130 cm³/mol. The molecular weight excluding hydrogens is 465 g/mol. The van der Waals surface area contributed by atoms with Crippen molar-refractivity contribution in [2.24, 2.45) is 5.92 Å². The Balaban J connectivity index is 1.43. The number of aliphatic hydroxyl groups is 2. The average molecular weight is 498 g/mol. The fourth-order valence-electron chi connectivity index (χ4n) is 4.26. The van der Waals surface area contributed by atoms with Gasteiger partial charge in [-0.15, -0.1) is 0 Å². The predicted octanol–water partition coefficient (Wildman–Crippen LogP) is 2.52. The Bertz CT molecular complexity index is 843. The molecule has 0 aliphatic carbocycles. The first kappa shape index (κ1) is 26.0. The van der Waals surface area contributed by atoms with Crippen LogP contribution in [0.5, 0.6) is 0 Å². The number of halogens is 2. The molecule has 3 rings (SSSR count). The van der Waals surface area contributed by atoms with Gasteiger partial charge in [-0.3, -0.25) is 9.59 Å². The van der Waals surface area contributed by atoms with E-state index in [1.165, 1.54) is 6.08 Å². The highest BCUT2D eigenvalue weighted by Gasteiger charge is 2.24. The van der Waals surface area contributed by atoms with E-state index in [0.717, 1.165) is 31.5 Å². The Morgan fingerprint density at radius 2 is 1.88 bits per heavy atom. The third-order valence-corrected chi connectivity index (χ3v) is 7.17. The van der Waals surface area contributed by atoms with E-state index in [2.05, 4.69) is 4.90 Å². The van der Waals surface area contributed by atoms with Gasteiger partial charge in [-0.2, -0.15) is 0 Å². The van der Waals surface area contributed by atoms with Gasteiger partial charge in [0.15, 0.2) is 0 Å². The van der Waals surface area contributed by atoms with Gasteiger partial charge in [0.05, 0.1) is 16.1 Å². The van der Waals surface area contributed by atoms with E-state index in [4.69, 9.17) is 23.2 Å². The second-order valence-corrected chi connectivity index (χ2v) is 9.65. The lowest BCUT2D eigenvalue weighted by Gasteiger charge is -2.32. The van der Waals surface area contributed by atoms with E-state index in [1.807, 2.05) is 0 Å². The molecule has 2 aliphatic heterocycles. The maximum absolute atomic E-state index is 12.6. The van der Waals surface area contributed by atoms with Crippen molar-refractivity contribution in [2.45, 2.75) is 31.8 Å². The van der Waals surface area contributed by atoms with Crippen LogP contribution in [-0.4, -0.2) is 95.3 Å². The van der Waals surface area contributed by atoms with Gasteiger partial charge >= 0.3 is 0 Å². The minimum Gasteiger partial charge on any atom is -0.396 e. The minimum atomic E-state index is -0.501. The zero-order chi connectivity index (χ0) is 23.8. The molecule has 1 aromatic rings. The van der Waals surface area contributed by atoms with Gasteiger partial charge < -0.3 is 24.9 Å². The summed E-state index contributed by atoms with van der Waals surface area (Å²) >= 11 is 11.9. The van der Waals surface area contributed by atoms with Crippen molar-refractivity contribution in [1.82, 2.24) is 14.7 Å². The van der Waals surface area contributed by atoms with Gasteiger partial charge in [0.25, 0.3) is 0 Å². The standard InChI is InChI=1S/C24H33Cl2N3O4/c25-21-3-1-18(15-22(21)26)2-4-23(32)29-12-8-24(33)28(13-14-29)11-7-20(31)16-27-9-5-19(17-30)6-10-27/h1-4,15,19-20,30-31H,5-14,16-17H2. The molecule has 0 aromatic heterocycles. The minimum absolute atomic E-state index is 0.00900. The van der Waals surface area contributed by atoms with Gasteiger partial charge in [-0.05, 0) is 62.0 Å². The first-order valence-electron chi connectivity index (χ1n) is 11.6. The Labute approximate surface area is 205 Å². The van der Waals surface area contributed by atoms with Crippen molar-refractivity contribution in [3.05, 3.63) is 39.9 Å². The first-order valence-corrected chi connectivity index (χ1v) is 12.3. The fourth-order valence-corrected chi connectivity index (χ4v) is 4.56. The number of hydrogen-bond acceptors (Lipinski definition) is 5. The normalized spacial score (nSPS) is 19.8. The molecule has 7 nitrogen and oxygen atoms in total. The molecular formula is C24H33Cl2N3O4. The molecule has 2 saturated heterocycles. The van der Waals surface area contributed by atoms with Crippen LogP contribution in [0.25, 0.3) is 6.08 Å². The van der Waals surface area contributed by atoms with E-state index in [0.29, 0.717) is 55.1 Å². The molecule has 1 atom stereocenters. The molecule has 33 heavy (non-hydrogen) atoms. The molecule has 9 heteroatoms. The lowest BCUT2D eigenvalue weighted by molar-refractivity contribution is -0.130. The molecule has 0 bridgehead atoms. The van der Waals surface area contributed by atoms with E-state index in [1.54, 1.807) is 34.1 Å². The summed E-state index contributed by atoms with van der Waals surface area (Å²) in [4.78, 5) is 30.8. The quantitative estimate of drug-likeness (QED) is 0.539. The lowest BCUT2D eigenvalue weighted by Crippen LogP contribution is -2.41. The number of likely N-dealkylation sites (tertiary alicyclic amines) is 1. The van der Waals surface area contributed by atoms with E-state index in [9.17, 15) is 19.8 Å². The number of nitrogens with zero attached hydrogens (tertiary/aromatic N) is 3. The molecule has 2 amide bonds. The number of piperidine rings is 1. The number of amides is 2. The highest BCUT2D eigenvalue weighted by atomic mass is 35.5. The van der Waals surface area contributed by atoms with Crippen molar-refractivity contribution in [3.8, 4) is 0 Å². The van der Waals surface area contributed by atoms with Gasteiger partial charge in [-0.25, -0.2) is 0 Å². The van der Waals surface area contributed by atoms with Gasteiger partial charge in [0.2, 0.25) is 11.8 Å². The zero-order valence-electron chi connectivity index (χ0n) is 18.8. The van der Waals surface area contributed by atoms with Crippen LogP contribution in [-0.2, 0) is 9.59 Å². The third kappa shape index (κ3) is 7.97. The SMILES string of the molecule is O=C(C=Cc1ccc(Cl)c(Cl)c1)N1CCC(=O)N(CCC(O)CN2CCC(CO)CC2)CC1. The highest BCUT2D eigenvalue weighted by Crippen LogP contribution is 2.23. The summed E-state index contributed by atoms with van der Waals surface area (Å²) < 4.78 is 0. The summed E-state index contributed by atoms with van der Waals surface area (Å²) in [7, 11) is 0. The number of rotatable bonds is 8. The highest BCUT2D eigenvalue weighted by molar-refractivity contribution is 6.42. The fraction of sp³-hybridized carbons (Fsp3) is 0.583. The van der Waals surface area contributed by atoms with Crippen molar-refractivity contribution in [2.75, 3.05) is 52.4 Å². The van der Waals surface area contributed by atoms with Crippen LogP contribution in [0.15, 0.2) is 24.3 Å². The molecule has 0 spiro atoms. The topological polar surface area (TPSA) is 84.3 Å². The molecule has 1 unspecified atom stereocenters. The average Bonchev–Trinajstić information content (AvgIpc) is 3.00. The number of carbonyl (C=O) groups excluding carboxylic acids is 2. The summed E-state index contributed by atoms with van der Waals surface area (Å²) in [6.07, 6.45) is 5.37. The Kier molecular flexibility index (Phi) is 10.0. The van der Waals surface area contributed by atoms with E-state index in [-0.39, 0.29) is 24.8 Å². The van der Waals surface area contributed by atoms with Crippen LogP contribution in [0.4, 0.5) is 0 Å². The van der Waals surface area contributed by atoms with Gasteiger partial charge in [0.1, 0.15) is 0 Å². The molecule has 0 radical (unpaired) electrons. The van der Waals surface area contributed by atoms with Gasteiger partial charge in [0, 0.05) is 51.8 Å². The van der Waals surface area contributed by atoms with Crippen LogP contribution in [0.3, 0.4) is 0 Å². The second kappa shape index (κ2) is 12.7. The summed E-state index contributed by atoms with van der Waals surface area (Å²) in [6.45, 7) is 4.37. The number of aliphatic hydroxyl groups excluding tert-OH is 2. The van der Waals surface area contributed by atoms with Crippen molar-refractivity contribution >= 4 is 41.1 Å². The monoisotopic (exact) mass is 497 g/mol. The third-order valence-electron chi connectivity index (χ3n) is 6.43. The molecule has 2 fully saturated rings.